The highest BCUT2D eigenvalue weighted by Gasteiger charge is 2.16. The van der Waals surface area contributed by atoms with Crippen LogP contribution in [0.2, 0.25) is 0 Å². The molecule has 1 aromatic carbocycles. The molecular weight excluding hydrogens is 254 g/mol. The molecule has 112 valence electrons. The molecule has 0 amide bonds. The molecule has 1 rings (SSSR count). The number of hydrogen-bond acceptors (Lipinski definition) is 3. The predicted octanol–water partition coefficient (Wildman–Crippen LogP) is 1.66. The number of methoxy groups -OCH3 is 1. The summed E-state index contributed by atoms with van der Waals surface area (Å²) in [6, 6.07) is 9.75. The van der Waals surface area contributed by atoms with E-state index >= 15 is 0 Å². The number of rotatable bonds is 7. The highest BCUT2D eigenvalue weighted by atomic mass is 16.5. The SMILES string of the molecule is CN=C(NCCOc1ccccc1)NCC(C)(C)OC. The van der Waals surface area contributed by atoms with Gasteiger partial charge in [0.05, 0.1) is 12.1 Å². The van der Waals surface area contributed by atoms with Gasteiger partial charge in [-0.2, -0.15) is 0 Å². The number of para-hydroxylation sites is 1. The second-order valence-corrected chi connectivity index (χ2v) is 4.98. The van der Waals surface area contributed by atoms with E-state index in [-0.39, 0.29) is 5.60 Å². The third-order valence-corrected chi connectivity index (χ3v) is 2.86. The number of nitrogens with zero attached hydrogens (tertiary/aromatic N) is 1. The first-order valence-corrected chi connectivity index (χ1v) is 6.75. The van der Waals surface area contributed by atoms with Crippen LogP contribution in [0.5, 0.6) is 5.75 Å². The van der Waals surface area contributed by atoms with Crippen molar-refractivity contribution in [3.8, 4) is 5.75 Å². The van der Waals surface area contributed by atoms with Gasteiger partial charge in [0.2, 0.25) is 0 Å². The molecule has 0 unspecified atom stereocenters. The van der Waals surface area contributed by atoms with E-state index in [0.717, 1.165) is 11.7 Å². The van der Waals surface area contributed by atoms with Crippen LogP contribution in [0, 0.1) is 0 Å². The number of aliphatic imine (C=N–C) groups is 1. The lowest BCUT2D eigenvalue weighted by molar-refractivity contribution is 0.0268. The zero-order chi connectivity index (χ0) is 14.8. The molecule has 0 heterocycles. The Morgan fingerprint density at radius 1 is 1.20 bits per heavy atom. The van der Waals surface area contributed by atoms with Crippen LogP contribution in [0.3, 0.4) is 0 Å². The molecule has 0 aliphatic carbocycles. The molecule has 0 aliphatic rings. The van der Waals surface area contributed by atoms with Crippen LogP contribution < -0.4 is 15.4 Å². The maximum atomic E-state index is 5.60. The van der Waals surface area contributed by atoms with Crippen LogP contribution >= 0.6 is 0 Å². The van der Waals surface area contributed by atoms with E-state index in [1.54, 1.807) is 14.2 Å². The number of benzene rings is 1. The van der Waals surface area contributed by atoms with Crippen LogP contribution in [0.4, 0.5) is 0 Å². The number of hydrogen-bond donors (Lipinski definition) is 2. The molecule has 2 N–H and O–H groups in total. The zero-order valence-electron chi connectivity index (χ0n) is 12.8. The fraction of sp³-hybridized carbons (Fsp3) is 0.533. The second kappa shape index (κ2) is 8.43. The summed E-state index contributed by atoms with van der Waals surface area (Å²) < 4.78 is 10.9. The minimum absolute atomic E-state index is 0.224. The summed E-state index contributed by atoms with van der Waals surface area (Å²) >= 11 is 0. The molecule has 20 heavy (non-hydrogen) atoms. The highest BCUT2D eigenvalue weighted by molar-refractivity contribution is 5.79. The Hall–Kier alpha value is -1.75. The van der Waals surface area contributed by atoms with Crippen molar-refractivity contribution in [2.45, 2.75) is 19.4 Å². The molecule has 0 saturated heterocycles. The summed E-state index contributed by atoms with van der Waals surface area (Å²) in [6.07, 6.45) is 0. The second-order valence-electron chi connectivity index (χ2n) is 4.98. The van der Waals surface area contributed by atoms with Gasteiger partial charge in [-0.05, 0) is 26.0 Å². The lowest BCUT2D eigenvalue weighted by Gasteiger charge is -2.24. The van der Waals surface area contributed by atoms with Crippen LogP contribution in [0.25, 0.3) is 0 Å². The van der Waals surface area contributed by atoms with E-state index in [9.17, 15) is 0 Å². The molecule has 5 nitrogen and oxygen atoms in total. The van der Waals surface area contributed by atoms with Crippen molar-refractivity contribution >= 4 is 5.96 Å². The normalized spacial score (nSPS) is 12.1. The van der Waals surface area contributed by atoms with Gasteiger partial charge in [-0.3, -0.25) is 4.99 Å². The summed E-state index contributed by atoms with van der Waals surface area (Å²) in [6.45, 7) is 5.99. The summed E-state index contributed by atoms with van der Waals surface area (Å²) in [5.74, 6) is 1.62. The Morgan fingerprint density at radius 3 is 2.50 bits per heavy atom. The van der Waals surface area contributed by atoms with Gasteiger partial charge in [-0.15, -0.1) is 0 Å². The van der Waals surface area contributed by atoms with Gasteiger partial charge in [-0.25, -0.2) is 0 Å². The Kier molecular flexibility index (Phi) is 6.87. The van der Waals surface area contributed by atoms with Gasteiger partial charge in [0.1, 0.15) is 12.4 Å². The molecule has 0 fully saturated rings. The first-order valence-electron chi connectivity index (χ1n) is 6.75. The number of nitrogens with one attached hydrogen (secondary N) is 2. The molecule has 0 saturated carbocycles. The Morgan fingerprint density at radius 2 is 1.90 bits per heavy atom. The summed E-state index contributed by atoms with van der Waals surface area (Å²) in [5, 5.41) is 6.41. The van der Waals surface area contributed by atoms with Gasteiger partial charge in [0, 0.05) is 20.7 Å². The first kappa shape index (κ1) is 16.3. The molecule has 0 radical (unpaired) electrons. The van der Waals surface area contributed by atoms with Crippen molar-refractivity contribution in [1.82, 2.24) is 10.6 Å². The van der Waals surface area contributed by atoms with Crippen molar-refractivity contribution in [3.63, 3.8) is 0 Å². The third kappa shape index (κ3) is 6.43. The lowest BCUT2D eigenvalue weighted by Crippen LogP contribution is -2.46. The summed E-state index contributed by atoms with van der Waals surface area (Å²) in [5.41, 5.74) is -0.224. The van der Waals surface area contributed by atoms with Gasteiger partial charge in [0.15, 0.2) is 5.96 Å². The molecular formula is C15H25N3O2. The average molecular weight is 279 g/mol. The predicted molar refractivity (Wildman–Crippen MR) is 82.4 cm³/mol. The van der Waals surface area contributed by atoms with E-state index in [1.165, 1.54) is 0 Å². The van der Waals surface area contributed by atoms with Crippen molar-refractivity contribution in [3.05, 3.63) is 30.3 Å². The topological polar surface area (TPSA) is 54.9 Å². The first-order chi connectivity index (χ1) is 9.57. The minimum Gasteiger partial charge on any atom is -0.492 e. The van der Waals surface area contributed by atoms with Crippen LogP contribution in [0.1, 0.15) is 13.8 Å². The largest absolute Gasteiger partial charge is 0.492 e. The van der Waals surface area contributed by atoms with E-state index < -0.39 is 0 Å². The fourth-order valence-corrected chi connectivity index (χ4v) is 1.44. The Balaban J connectivity index is 2.22. The van der Waals surface area contributed by atoms with E-state index in [4.69, 9.17) is 9.47 Å². The van der Waals surface area contributed by atoms with Crippen LogP contribution in [-0.4, -0.2) is 45.4 Å². The molecule has 0 aromatic heterocycles. The maximum absolute atomic E-state index is 5.60. The quantitative estimate of drug-likeness (QED) is 0.453. The van der Waals surface area contributed by atoms with Crippen molar-refractivity contribution < 1.29 is 9.47 Å². The third-order valence-electron chi connectivity index (χ3n) is 2.86. The van der Waals surface area contributed by atoms with Crippen molar-refractivity contribution in [2.24, 2.45) is 4.99 Å². The molecule has 0 atom stereocenters. The zero-order valence-corrected chi connectivity index (χ0v) is 12.8. The number of guanidine groups is 1. The Labute approximate surface area is 121 Å². The number of ether oxygens (including phenoxy) is 2. The van der Waals surface area contributed by atoms with E-state index in [1.807, 2.05) is 44.2 Å². The molecule has 5 heteroatoms. The maximum Gasteiger partial charge on any atom is 0.191 e. The lowest BCUT2D eigenvalue weighted by atomic mass is 10.1. The summed E-state index contributed by atoms with van der Waals surface area (Å²) in [4.78, 5) is 4.15. The van der Waals surface area contributed by atoms with E-state index in [0.29, 0.717) is 19.7 Å². The van der Waals surface area contributed by atoms with Crippen LogP contribution in [-0.2, 0) is 4.74 Å². The van der Waals surface area contributed by atoms with E-state index in [2.05, 4.69) is 15.6 Å². The molecule has 0 bridgehead atoms. The van der Waals surface area contributed by atoms with Gasteiger partial charge in [0.25, 0.3) is 0 Å². The smallest absolute Gasteiger partial charge is 0.191 e. The Bertz CT molecular complexity index is 405. The highest BCUT2D eigenvalue weighted by Crippen LogP contribution is 2.07. The fourth-order valence-electron chi connectivity index (χ4n) is 1.44. The molecule has 0 spiro atoms. The minimum atomic E-state index is -0.224. The summed E-state index contributed by atoms with van der Waals surface area (Å²) in [7, 11) is 3.44. The monoisotopic (exact) mass is 279 g/mol. The standard InChI is InChI=1S/C15H25N3O2/c1-15(2,19-4)12-18-14(16-3)17-10-11-20-13-8-6-5-7-9-13/h5-9H,10-12H2,1-4H3,(H2,16,17,18). The molecule has 0 aliphatic heterocycles. The van der Waals surface area contributed by atoms with Gasteiger partial charge >= 0.3 is 0 Å². The average Bonchev–Trinajstić information content (AvgIpc) is 2.47. The van der Waals surface area contributed by atoms with Gasteiger partial charge < -0.3 is 20.1 Å². The van der Waals surface area contributed by atoms with Crippen molar-refractivity contribution in [1.29, 1.82) is 0 Å². The van der Waals surface area contributed by atoms with Crippen molar-refractivity contribution in [2.75, 3.05) is 33.9 Å². The molecule has 1 aromatic rings. The van der Waals surface area contributed by atoms with Crippen LogP contribution in [0.15, 0.2) is 35.3 Å². The van der Waals surface area contributed by atoms with Gasteiger partial charge in [-0.1, -0.05) is 18.2 Å².